The molecule has 180 valence electrons. The minimum absolute atomic E-state index is 0.340. The summed E-state index contributed by atoms with van der Waals surface area (Å²) in [7, 11) is 0. The number of allylic oxidation sites excluding steroid dienone is 2. The zero-order valence-corrected chi connectivity index (χ0v) is 20.6. The average Bonchev–Trinajstić information content (AvgIpc) is 2.74. The molecule has 0 amide bonds. The van der Waals surface area contributed by atoms with Crippen molar-refractivity contribution < 1.29 is 9.90 Å². The third-order valence-corrected chi connectivity index (χ3v) is 5.46. The Balaban J connectivity index is 0. The van der Waals surface area contributed by atoms with Crippen molar-refractivity contribution >= 4 is 5.97 Å². The van der Waals surface area contributed by atoms with E-state index >= 15 is 0 Å². The number of unbranched alkanes of at least 4 members (excludes halogenated alkanes) is 17. The number of carboxylic acid groups (broad SMARTS) is 1. The number of carboxylic acids is 1. The normalized spacial score (nSPS) is 10.9. The first-order valence-electron chi connectivity index (χ1n) is 13.3. The first-order valence-corrected chi connectivity index (χ1v) is 13.3. The van der Waals surface area contributed by atoms with Crippen LogP contribution in [0, 0.1) is 0 Å². The molecule has 0 unspecified atom stereocenters. The van der Waals surface area contributed by atoms with E-state index < -0.39 is 5.97 Å². The Morgan fingerprint density at radius 2 is 0.967 bits per heavy atom. The summed E-state index contributed by atoms with van der Waals surface area (Å²) in [6.45, 7) is 5.30. The van der Waals surface area contributed by atoms with Gasteiger partial charge in [-0.2, -0.15) is 0 Å². The minimum Gasteiger partial charge on any atom is -0.481 e. The average molecular weight is 426 g/mol. The molecule has 3 N–H and O–H groups in total. The molecule has 0 saturated carbocycles. The lowest BCUT2D eigenvalue weighted by atomic mass is 10.1. The second-order valence-electron chi connectivity index (χ2n) is 8.64. The van der Waals surface area contributed by atoms with Crippen molar-refractivity contribution in [3.63, 3.8) is 0 Å². The lowest BCUT2D eigenvalue weighted by Gasteiger charge is -2.01. The highest BCUT2D eigenvalue weighted by molar-refractivity contribution is 5.66. The van der Waals surface area contributed by atoms with E-state index in [1.54, 1.807) is 0 Å². The summed E-state index contributed by atoms with van der Waals surface area (Å²) in [6, 6.07) is 0. The van der Waals surface area contributed by atoms with E-state index in [-0.39, 0.29) is 0 Å². The monoisotopic (exact) mass is 425 g/mol. The fraction of sp³-hybridized carbons (Fsp3) is 0.889. The highest BCUT2D eigenvalue weighted by Gasteiger charge is 1.96. The van der Waals surface area contributed by atoms with Crippen LogP contribution in [-0.2, 0) is 4.79 Å². The maximum atomic E-state index is 10.4. The Morgan fingerprint density at radius 1 is 0.600 bits per heavy atom. The molecule has 3 nitrogen and oxygen atoms in total. The largest absolute Gasteiger partial charge is 0.481 e. The third-order valence-electron chi connectivity index (χ3n) is 5.46. The number of carbonyl (C=O) groups is 1. The van der Waals surface area contributed by atoms with Crippen LogP contribution < -0.4 is 5.73 Å². The molecule has 0 aromatic rings. The van der Waals surface area contributed by atoms with Gasteiger partial charge in [0.2, 0.25) is 0 Å². The molecular formula is C27H55NO2. The second kappa shape index (κ2) is 30.4. The smallest absolute Gasteiger partial charge is 0.303 e. The lowest BCUT2D eigenvalue weighted by molar-refractivity contribution is -0.137. The van der Waals surface area contributed by atoms with Crippen molar-refractivity contribution in [3.05, 3.63) is 12.2 Å². The van der Waals surface area contributed by atoms with Gasteiger partial charge in [0.05, 0.1) is 0 Å². The molecule has 0 aliphatic heterocycles. The van der Waals surface area contributed by atoms with E-state index in [9.17, 15) is 4.79 Å². The van der Waals surface area contributed by atoms with Crippen molar-refractivity contribution in [2.45, 2.75) is 149 Å². The highest BCUT2D eigenvalue weighted by atomic mass is 16.4. The van der Waals surface area contributed by atoms with Crippen molar-refractivity contribution in [3.8, 4) is 0 Å². The Hall–Kier alpha value is -0.830. The molecule has 0 aromatic heterocycles. The van der Waals surface area contributed by atoms with E-state index in [2.05, 4.69) is 26.0 Å². The quantitative estimate of drug-likeness (QED) is 0.134. The minimum atomic E-state index is -0.656. The molecule has 0 fully saturated rings. The summed E-state index contributed by atoms with van der Waals surface area (Å²) < 4.78 is 0. The van der Waals surface area contributed by atoms with E-state index in [1.807, 2.05) is 0 Å². The Morgan fingerprint density at radius 3 is 1.33 bits per heavy atom. The summed E-state index contributed by atoms with van der Waals surface area (Å²) in [5.74, 6) is -0.656. The van der Waals surface area contributed by atoms with Gasteiger partial charge in [0.25, 0.3) is 0 Å². The molecule has 0 aromatic carbocycles. The van der Waals surface area contributed by atoms with E-state index in [0.717, 1.165) is 19.4 Å². The number of rotatable bonds is 22. The summed E-state index contributed by atoms with van der Waals surface area (Å²) in [4.78, 5) is 10.4. The van der Waals surface area contributed by atoms with Gasteiger partial charge in [-0.05, 0) is 45.1 Å². The standard InChI is InChI=1S/C22H42O2.C5H13N/c1-2-3-4-5-6-7-8-9-10-11-12-13-14-15-16-17-18-19-20-21-22(23)24;1-2-3-4-5-6/h9-10H,2-8,11-21H2,1H3,(H,23,24);2-6H2,1H3/b10-9-;. The first kappa shape index (κ1) is 31.4. The second-order valence-corrected chi connectivity index (χ2v) is 8.64. The van der Waals surface area contributed by atoms with Crippen molar-refractivity contribution in [2.24, 2.45) is 5.73 Å². The van der Waals surface area contributed by atoms with Gasteiger partial charge in [0, 0.05) is 6.42 Å². The van der Waals surface area contributed by atoms with Crippen molar-refractivity contribution in [2.75, 3.05) is 6.54 Å². The zero-order valence-electron chi connectivity index (χ0n) is 20.6. The molecule has 0 heterocycles. The van der Waals surface area contributed by atoms with Crippen LogP contribution in [0.5, 0.6) is 0 Å². The number of nitrogens with two attached hydrogens (primary N) is 1. The highest BCUT2D eigenvalue weighted by Crippen LogP contribution is 2.12. The summed E-state index contributed by atoms with van der Waals surface area (Å²) >= 11 is 0. The van der Waals surface area contributed by atoms with Gasteiger partial charge >= 0.3 is 5.97 Å². The van der Waals surface area contributed by atoms with E-state index in [1.165, 1.54) is 116 Å². The molecule has 0 aliphatic carbocycles. The van der Waals surface area contributed by atoms with Crippen LogP contribution in [0.1, 0.15) is 149 Å². The van der Waals surface area contributed by atoms with Crippen LogP contribution in [0.3, 0.4) is 0 Å². The maximum Gasteiger partial charge on any atom is 0.303 e. The van der Waals surface area contributed by atoms with Crippen LogP contribution in [-0.4, -0.2) is 17.6 Å². The van der Waals surface area contributed by atoms with Gasteiger partial charge in [-0.15, -0.1) is 0 Å². The van der Waals surface area contributed by atoms with E-state index in [4.69, 9.17) is 10.8 Å². The molecule has 0 bridgehead atoms. The number of hydrogen-bond acceptors (Lipinski definition) is 2. The SMILES string of the molecule is CCCCCCCC/C=C\CCCCCCCCCCCC(=O)O.CCCCCN. The van der Waals surface area contributed by atoms with Gasteiger partial charge in [0.1, 0.15) is 0 Å². The first-order chi connectivity index (χ1) is 14.7. The molecule has 0 aliphatic rings. The Labute approximate surface area is 189 Å². The molecule has 0 rings (SSSR count). The maximum absolute atomic E-state index is 10.4. The third kappa shape index (κ3) is 34.7. The molecule has 30 heavy (non-hydrogen) atoms. The number of aliphatic carboxylic acids is 1. The molecular weight excluding hydrogens is 370 g/mol. The van der Waals surface area contributed by atoms with Crippen LogP contribution in [0.15, 0.2) is 12.2 Å². The lowest BCUT2D eigenvalue weighted by Crippen LogP contribution is -1.96. The topological polar surface area (TPSA) is 63.3 Å². The Kier molecular flexibility index (Phi) is 31.7. The zero-order chi connectivity index (χ0) is 22.5. The van der Waals surface area contributed by atoms with Crippen LogP contribution in [0.25, 0.3) is 0 Å². The molecule has 3 heteroatoms. The summed E-state index contributed by atoms with van der Waals surface area (Å²) in [5.41, 5.74) is 5.21. The van der Waals surface area contributed by atoms with Gasteiger partial charge in [-0.25, -0.2) is 0 Å². The fourth-order valence-corrected chi connectivity index (χ4v) is 3.45. The summed E-state index contributed by atoms with van der Waals surface area (Å²) in [5, 5.41) is 8.55. The molecule has 0 radical (unpaired) electrons. The van der Waals surface area contributed by atoms with Crippen LogP contribution in [0.2, 0.25) is 0 Å². The fourth-order valence-electron chi connectivity index (χ4n) is 3.45. The van der Waals surface area contributed by atoms with Gasteiger partial charge in [0.15, 0.2) is 0 Å². The van der Waals surface area contributed by atoms with Crippen LogP contribution in [0.4, 0.5) is 0 Å². The van der Waals surface area contributed by atoms with Gasteiger partial charge in [-0.1, -0.05) is 116 Å². The van der Waals surface area contributed by atoms with Crippen molar-refractivity contribution in [1.29, 1.82) is 0 Å². The molecule has 0 atom stereocenters. The summed E-state index contributed by atoms with van der Waals surface area (Å²) in [6.07, 6.45) is 30.9. The number of hydrogen-bond donors (Lipinski definition) is 2. The molecule has 0 spiro atoms. The predicted molar refractivity (Wildman–Crippen MR) is 134 cm³/mol. The van der Waals surface area contributed by atoms with E-state index in [0.29, 0.717) is 6.42 Å². The van der Waals surface area contributed by atoms with Gasteiger partial charge in [-0.3, -0.25) is 4.79 Å². The van der Waals surface area contributed by atoms with Gasteiger partial charge < -0.3 is 10.8 Å². The Bertz CT molecular complexity index is 338. The van der Waals surface area contributed by atoms with Crippen LogP contribution >= 0.6 is 0 Å². The van der Waals surface area contributed by atoms with Crippen molar-refractivity contribution in [1.82, 2.24) is 0 Å². The molecule has 0 saturated heterocycles. The predicted octanol–water partition coefficient (Wildman–Crippen LogP) is 8.80.